The summed E-state index contributed by atoms with van der Waals surface area (Å²) in [6.07, 6.45) is -3.53. The van der Waals surface area contributed by atoms with Crippen molar-refractivity contribution in [2.45, 2.75) is 25.4 Å². The second-order valence-electron chi connectivity index (χ2n) is 6.48. The number of benzene rings is 3. The number of aliphatic hydroxyl groups is 2. The first-order valence-electron chi connectivity index (χ1n) is 9.11. The molecule has 0 heterocycles. The standard InChI is InChI=1S/C23H22O6/c24-21(22(25)23(26)27)18-11-12-19(28-14-16-7-3-1-4-8-16)20(13-18)29-15-17-9-5-2-6-10-17/h1-13,21-22,24-25H,14-15H2,(H,26,27). The van der Waals surface area contributed by atoms with Crippen molar-refractivity contribution in [1.82, 2.24) is 0 Å². The van der Waals surface area contributed by atoms with Crippen LogP contribution >= 0.6 is 0 Å². The average molecular weight is 394 g/mol. The van der Waals surface area contributed by atoms with E-state index in [1.807, 2.05) is 60.7 Å². The minimum absolute atomic E-state index is 0.218. The van der Waals surface area contributed by atoms with E-state index in [0.717, 1.165) is 11.1 Å². The molecule has 0 aliphatic carbocycles. The summed E-state index contributed by atoms with van der Waals surface area (Å²) >= 11 is 0. The van der Waals surface area contributed by atoms with Crippen LogP contribution in [0.4, 0.5) is 0 Å². The number of carbonyl (C=O) groups is 1. The number of hydrogen-bond donors (Lipinski definition) is 3. The Morgan fingerprint density at radius 2 is 1.28 bits per heavy atom. The predicted octanol–water partition coefficient (Wildman–Crippen LogP) is 3.32. The topological polar surface area (TPSA) is 96.2 Å². The van der Waals surface area contributed by atoms with Crippen molar-refractivity contribution in [3.05, 3.63) is 95.6 Å². The van der Waals surface area contributed by atoms with Gasteiger partial charge in [0.15, 0.2) is 17.6 Å². The van der Waals surface area contributed by atoms with Crippen LogP contribution < -0.4 is 9.47 Å². The second-order valence-corrected chi connectivity index (χ2v) is 6.48. The Morgan fingerprint density at radius 1 is 0.759 bits per heavy atom. The normalized spacial score (nSPS) is 12.8. The number of aliphatic hydroxyl groups excluding tert-OH is 2. The van der Waals surface area contributed by atoms with Crippen LogP contribution in [0.2, 0.25) is 0 Å². The van der Waals surface area contributed by atoms with Crippen LogP contribution in [0.15, 0.2) is 78.9 Å². The van der Waals surface area contributed by atoms with Gasteiger partial charge in [-0.25, -0.2) is 4.79 Å². The molecule has 2 unspecified atom stereocenters. The molecule has 0 aliphatic rings. The quantitative estimate of drug-likeness (QED) is 0.515. The maximum atomic E-state index is 11.0. The lowest BCUT2D eigenvalue weighted by Crippen LogP contribution is -2.27. The monoisotopic (exact) mass is 394 g/mol. The van der Waals surface area contributed by atoms with Crippen molar-refractivity contribution in [3.63, 3.8) is 0 Å². The van der Waals surface area contributed by atoms with Gasteiger partial charge >= 0.3 is 5.97 Å². The molecule has 0 radical (unpaired) electrons. The molecule has 0 fully saturated rings. The van der Waals surface area contributed by atoms with Crippen LogP contribution in [0.25, 0.3) is 0 Å². The lowest BCUT2D eigenvalue weighted by molar-refractivity contribution is -0.153. The zero-order valence-corrected chi connectivity index (χ0v) is 15.6. The molecule has 0 saturated carbocycles. The highest BCUT2D eigenvalue weighted by Crippen LogP contribution is 2.33. The van der Waals surface area contributed by atoms with Crippen LogP contribution in [0.5, 0.6) is 11.5 Å². The van der Waals surface area contributed by atoms with Crippen LogP contribution in [0.3, 0.4) is 0 Å². The summed E-state index contributed by atoms with van der Waals surface area (Å²) in [7, 11) is 0. The molecule has 0 aliphatic heterocycles. The molecule has 0 aromatic heterocycles. The number of carboxylic acids is 1. The lowest BCUT2D eigenvalue weighted by Gasteiger charge is -2.18. The van der Waals surface area contributed by atoms with Crippen molar-refractivity contribution in [3.8, 4) is 11.5 Å². The minimum atomic E-state index is -1.94. The number of hydrogen-bond acceptors (Lipinski definition) is 5. The van der Waals surface area contributed by atoms with Crippen molar-refractivity contribution >= 4 is 5.97 Å². The molecule has 3 aromatic carbocycles. The Bertz CT molecular complexity index is 927. The number of rotatable bonds is 9. The smallest absolute Gasteiger partial charge is 0.335 e. The van der Waals surface area contributed by atoms with Crippen molar-refractivity contribution in [2.75, 3.05) is 0 Å². The van der Waals surface area contributed by atoms with E-state index in [-0.39, 0.29) is 12.2 Å². The predicted molar refractivity (Wildman–Crippen MR) is 107 cm³/mol. The molecule has 0 bridgehead atoms. The SMILES string of the molecule is O=C(O)C(O)C(O)c1ccc(OCc2ccccc2)c(OCc2ccccc2)c1. The molecule has 6 nitrogen and oxygen atoms in total. The molecule has 29 heavy (non-hydrogen) atoms. The van der Waals surface area contributed by atoms with Gasteiger partial charge < -0.3 is 24.8 Å². The van der Waals surface area contributed by atoms with Crippen molar-refractivity contribution < 1.29 is 29.6 Å². The molecular weight excluding hydrogens is 372 g/mol. The van der Waals surface area contributed by atoms with E-state index in [9.17, 15) is 15.0 Å². The van der Waals surface area contributed by atoms with Gasteiger partial charge in [0, 0.05) is 0 Å². The fourth-order valence-corrected chi connectivity index (χ4v) is 2.73. The molecule has 6 heteroatoms. The second kappa shape index (κ2) is 9.73. The number of ether oxygens (including phenoxy) is 2. The van der Waals surface area contributed by atoms with E-state index in [1.54, 1.807) is 6.07 Å². The van der Waals surface area contributed by atoms with E-state index in [4.69, 9.17) is 14.6 Å². The van der Waals surface area contributed by atoms with Gasteiger partial charge in [0.05, 0.1) is 0 Å². The first kappa shape index (κ1) is 20.4. The highest BCUT2D eigenvalue weighted by molar-refractivity contribution is 5.73. The molecule has 3 N–H and O–H groups in total. The summed E-state index contributed by atoms with van der Waals surface area (Å²) in [6, 6.07) is 23.7. The summed E-state index contributed by atoms with van der Waals surface area (Å²) in [5.74, 6) is -0.710. The zero-order chi connectivity index (χ0) is 20.6. The molecule has 3 aromatic rings. The third-order valence-electron chi connectivity index (χ3n) is 4.34. The first-order valence-corrected chi connectivity index (χ1v) is 9.11. The van der Waals surface area contributed by atoms with Gasteiger partial charge in [-0.1, -0.05) is 66.7 Å². The Hall–Kier alpha value is -3.35. The molecule has 0 amide bonds. The Morgan fingerprint density at radius 3 is 1.79 bits per heavy atom. The molecule has 0 saturated heterocycles. The van der Waals surface area contributed by atoms with E-state index in [1.165, 1.54) is 12.1 Å². The van der Waals surface area contributed by atoms with E-state index < -0.39 is 18.2 Å². The fourth-order valence-electron chi connectivity index (χ4n) is 2.73. The molecule has 0 spiro atoms. The third-order valence-corrected chi connectivity index (χ3v) is 4.34. The third kappa shape index (κ3) is 5.57. The van der Waals surface area contributed by atoms with Gasteiger partial charge in [-0.3, -0.25) is 0 Å². The lowest BCUT2D eigenvalue weighted by atomic mass is 10.0. The Kier molecular flexibility index (Phi) is 6.84. The summed E-state index contributed by atoms with van der Waals surface area (Å²) in [4.78, 5) is 11.0. The van der Waals surface area contributed by atoms with E-state index >= 15 is 0 Å². The minimum Gasteiger partial charge on any atom is -0.485 e. The van der Waals surface area contributed by atoms with Crippen molar-refractivity contribution in [1.29, 1.82) is 0 Å². The zero-order valence-electron chi connectivity index (χ0n) is 15.6. The average Bonchev–Trinajstić information content (AvgIpc) is 2.76. The van der Waals surface area contributed by atoms with Gasteiger partial charge in [-0.2, -0.15) is 0 Å². The molecular formula is C23H22O6. The molecule has 150 valence electrons. The van der Waals surface area contributed by atoms with Gasteiger partial charge in [-0.05, 0) is 28.8 Å². The first-order chi connectivity index (χ1) is 14.0. The summed E-state index contributed by atoms with van der Waals surface area (Å²) in [6.45, 7) is 0.589. The summed E-state index contributed by atoms with van der Waals surface area (Å²) < 4.78 is 11.7. The van der Waals surface area contributed by atoms with Crippen LogP contribution in [0, 0.1) is 0 Å². The van der Waals surface area contributed by atoms with Crippen LogP contribution in [-0.2, 0) is 18.0 Å². The van der Waals surface area contributed by atoms with E-state index in [2.05, 4.69) is 0 Å². The van der Waals surface area contributed by atoms with Gasteiger partial charge in [0.1, 0.15) is 19.3 Å². The highest BCUT2D eigenvalue weighted by Gasteiger charge is 2.26. The van der Waals surface area contributed by atoms with Gasteiger partial charge in [0.25, 0.3) is 0 Å². The maximum absolute atomic E-state index is 11.0. The Labute approximate surface area is 168 Å². The van der Waals surface area contributed by atoms with Crippen LogP contribution in [-0.4, -0.2) is 27.4 Å². The molecule has 3 rings (SSSR count). The number of aliphatic carboxylic acids is 1. The highest BCUT2D eigenvalue weighted by atomic mass is 16.5. The Balaban J connectivity index is 1.82. The number of carboxylic acid groups (broad SMARTS) is 1. The summed E-state index contributed by atoms with van der Waals surface area (Å²) in [5.41, 5.74) is 2.14. The van der Waals surface area contributed by atoms with Gasteiger partial charge in [-0.15, -0.1) is 0 Å². The van der Waals surface area contributed by atoms with E-state index in [0.29, 0.717) is 18.1 Å². The largest absolute Gasteiger partial charge is 0.485 e. The maximum Gasteiger partial charge on any atom is 0.335 e. The summed E-state index contributed by atoms with van der Waals surface area (Å²) in [5, 5.41) is 28.7. The molecule has 2 atom stereocenters. The fraction of sp³-hybridized carbons (Fsp3) is 0.174. The van der Waals surface area contributed by atoms with Crippen molar-refractivity contribution in [2.24, 2.45) is 0 Å². The van der Waals surface area contributed by atoms with Gasteiger partial charge in [0.2, 0.25) is 0 Å². The van der Waals surface area contributed by atoms with Crippen LogP contribution in [0.1, 0.15) is 22.8 Å².